The summed E-state index contributed by atoms with van der Waals surface area (Å²) in [6, 6.07) is -3.09. The van der Waals surface area contributed by atoms with E-state index in [-0.39, 0.29) is 0 Å². The lowest BCUT2D eigenvalue weighted by molar-refractivity contribution is -0.365. The van der Waals surface area contributed by atoms with Gasteiger partial charge in [0.15, 0.2) is 18.9 Å². The predicted molar refractivity (Wildman–Crippen MR) is 135 cm³/mol. The van der Waals surface area contributed by atoms with Crippen molar-refractivity contribution in [1.29, 1.82) is 0 Å². The smallest absolute Gasteiger partial charge is 0.394 e. The summed E-state index contributed by atoms with van der Waals surface area (Å²) in [6.07, 6.45) is -23.3. The van der Waals surface area contributed by atoms with Crippen LogP contribution in [-0.2, 0) is 47.9 Å². The quantitative estimate of drug-likeness (QED) is 0.0912. The fraction of sp³-hybridized carbons (Fsp3) is 0.909. The van der Waals surface area contributed by atoms with E-state index in [0.29, 0.717) is 0 Å². The third-order valence-electron chi connectivity index (χ3n) is 7.10. The Balaban J connectivity index is 1.90. The maximum Gasteiger partial charge on any atom is 0.397 e. The third kappa shape index (κ3) is 8.75. The van der Waals surface area contributed by atoms with Crippen molar-refractivity contribution >= 4 is 22.2 Å². The maximum absolute atomic E-state index is 11.8. The Morgan fingerprint density at radius 1 is 0.682 bits per heavy atom. The molecule has 3 fully saturated rings. The molecule has 21 nitrogen and oxygen atoms in total. The molecule has 0 aromatic rings. The zero-order valence-electron chi connectivity index (χ0n) is 23.3. The average molecular weight is 667 g/mol. The van der Waals surface area contributed by atoms with Crippen LogP contribution >= 0.6 is 0 Å². The van der Waals surface area contributed by atoms with E-state index in [1.54, 1.807) is 0 Å². The zero-order chi connectivity index (χ0) is 33.1. The van der Waals surface area contributed by atoms with E-state index in [1.807, 2.05) is 0 Å². The first-order chi connectivity index (χ1) is 20.5. The molecular weight excluding hydrogens is 628 g/mol. The van der Waals surface area contributed by atoms with Crippen molar-refractivity contribution in [3.8, 4) is 0 Å². The number of ether oxygens (including phenoxy) is 5. The summed E-state index contributed by atoms with van der Waals surface area (Å²) in [5.74, 6) is -1.45. The topological polar surface area (TPSA) is 330 Å². The molecule has 1 unspecified atom stereocenters. The molecule has 3 aliphatic rings. The minimum Gasteiger partial charge on any atom is -0.394 e. The van der Waals surface area contributed by atoms with Crippen molar-refractivity contribution < 1.29 is 91.3 Å². The molecule has 3 aliphatic heterocycles. The lowest BCUT2D eigenvalue weighted by atomic mass is 9.94. The molecule has 0 aromatic carbocycles. The summed E-state index contributed by atoms with van der Waals surface area (Å²) in [7, 11) is -5.03. The van der Waals surface area contributed by atoms with Gasteiger partial charge in [-0.25, -0.2) is 4.18 Å². The molecule has 0 spiro atoms. The van der Waals surface area contributed by atoms with Gasteiger partial charge in [-0.1, -0.05) is 0 Å². The molecule has 3 rings (SSSR count). The van der Waals surface area contributed by atoms with Gasteiger partial charge in [0.05, 0.1) is 19.8 Å². The first kappa shape index (κ1) is 36.8. The number of hydrogen-bond donors (Lipinski definition) is 11. The lowest BCUT2D eigenvalue weighted by Gasteiger charge is -2.49. The van der Waals surface area contributed by atoms with Gasteiger partial charge in [0, 0.05) is 13.8 Å². The summed E-state index contributed by atoms with van der Waals surface area (Å²) in [5, 5.41) is 88.1. The van der Waals surface area contributed by atoms with Crippen LogP contribution in [-0.4, -0.2) is 177 Å². The second-order valence-electron chi connectivity index (χ2n) is 10.3. The van der Waals surface area contributed by atoms with Crippen molar-refractivity contribution in [3.05, 3.63) is 0 Å². The van der Waals surface area contributed by atoms with Crippen LogP contribution < -0.4 is 10.6 Å². The molecule has 0 aliphatic carbocycles. The molecule has 2 amide bonds. The van der Waals surface area contributed by atoms with Crippen molar-refractivity contribution in [2.45, 2.75) is 106 Å². The van der Waals surface area contributed by atoms with Crippen LogP contribution in [0.5, 0.6) is 0 Å². The highest BCUT2D eigenvalue weighted by Crippen LogP contribution is 2.32. The Hall–Kier alpha value is -1.71. The van der Waals surface area contributed by atoms with Crippen molar-refractivity contribution in [1.82, 2.24) is 10.6 Å². The zero-order valence-corrected chi connectivity index (χ0v) is 24.1. The monoisotopic (exact) mass is 666 g/mol. The molecule has 256 valence electrons. The number of carbonyl (C=O) groups excluding carboxylic acids is 2. The van der Waals surface area contributed by atoms with E-state index < -0.39 is 134 Å². The summed E-state index contributed by atoms with van der Waals surface area (Å²) in [4.78, 5) is 23.6. The van der Waals surface area contributed by atoms with E-state index >= 15 is 0 Å². The first-order valence-electron chi connectivity index (χ1n) is 13.2. The number of aliphatic hydroxyl groups is 8. The Morgan fingerprint density at radius 2 is 1.18 bits per heavy atom. The fourth-order valence-electron chi connectivity index (χ4n) is 5.00. The highest BCUT2D eigenvalue weighted by Gasteiger charge is 2.54. The summed E-state index contributed by atoms with van der Waals surface area (Å²) >= 11 is 0. The second-order valence-corrected chi connectivity index (χ2v) is 11.4. The SMILES string of the molecule is CC(=O)N[C@H]1[C@H](O[C@H]2[C@@H](O)[C@@H](CO)O[C@@H](O[C@H]3[C@@H](O)[C@@H](CO)OC(O)[C@@H]3NC(C)=O)[C@@H]2O)O[C@H](COS(=O)(=O)O)[C@@H](O)[C@@H]1O. The molecule has 11 N–H and O–H groups in total. The van der Waals surface area contributed by atoms with E-state index in [0.717, 1.165) is 13.8 Å². The van der Waals surface area contributed by atoms with Crippen LogP contribution in [0.3, 0.4) is 0 Å². The molecule has 0 bridgehead atoms. The molecule has 3 heterocycles. The fourth-order valence-corrected chi connectivity index (χ4v) is 5.30. The van der Waals surface area contributed by atoms with Gasteiger partial charge in [-0.2, -0.15) is 8.42 Å². The largest absolute Gasteiger partial charge is 0.397 e. The van der Waals surface area contributed by atoms with Crippen LogP contribution in [0.25, 0.3) is 0 Å². The van der Waals surface area contributed by atoms with Gasteiger partial charge in [-0.15, -0.1) is 0 Å². The predicted octanol–water partition coefficient (Wildman–Crippen LogP) is -7.46. The van der Waals surface area contributed by atoms with Gasteiger partial charge in [-0.3, -0.25) is 14.1 Å². The van der Waals surface area contributed by atoms with E-state index in [2.05, 4.69) is 14.8 Å². The van der Waals surface area contributed by atoms with Crippen LogP contribution in [0.2, 0.25) is 0 Å². The highest BCUT2D eigenvalue weighted by atomic mass is 32.3. The van der Waals surface area contributed by atoms with Gasteiger partial charge in [0.2, 0.25) is 11.8 Å². The van der Waals surface area contributed by atoms with Gasteiger partial charge in [0.1, 0.15) is 73.1 Å². The molecule has 0 radical (unpaired) electrons. The molecule has 22 heteroatoms. The minimum absolute atomic E-state index is 0.692. The van der Waals surface area contributed by atoms with Crippen molar-refractivity contribution in [2.24, 2.45) is 0 Å². The Labute approximate surface area is 250 Å². The Bertz CT molecular complexity index is 1080. The molecular formula is C22H38N2O19S. The van der Waals surface area contributed by atoms with Crippen molar-refractivity contribution in [2.75, 3.05) is 19.8 Å². The number of nitrogens with one attached hydrogen (secondary N) is 2. The number of carbonyl (C=O) groups is 2. The van der Waals surface area contributed by atoms with Crippen LogP contribution in [0.1, 0.15) is 13.8 Å². The Kier molecular flexibility index (Phi) is 12.7. The van der Waals surface area contributed by atoms with Crippen molar-refractivity contribution in [3.63, 3.8) is 0 Å². The minimum atomic E-state index is -5.03. The first-order valence-corrected chi connectivity index (χ1v) is 14.6. The van der Waals surface area contributed by atoms with Crippen LogP contribution in [0, 0.1) is 0 Å². The Morgan fingerprint density at radius 3 is 1.73 bits per heavy atom. The maximum atomic E-state index is 11.8. The third-order valence-corrected chi connectivity index (χ3v) is 7.53. The van der Waals surface area contributed by atoms with E-state index in [4.69, 9.17) is 28.2 Å². The molecule has 0 aromatic heterocycles. The molecule has 0 saturated carbocycles. The van der Waals surface area contributed by atoms with Gasteiger partial charge < -0.3 is 75.2 Å². The molecule has 44 heavy (non-hydrogen) atoms. The van der Waals surface area contributed by atoms with Gasteiger partial charge >= 0.3 is 10.4 Å². The number of hydrogen-bond acceptors (Lipinski definition) is 18. The summed E-state index contributed by atoms with van der Waals surface area (Å²) in [5.41, 5.74) is 0. The average Bonchev–Trinajstić information content (AvgIpc) is 2.93. The van der Waals surface area contributed by atoms with Crippen LogP contribution in [0.15, 0.2) is 0 Å². The number of amides is 2. The normalized spacial score (nSPS) is 43.3. The van der Waals surface area contributed by atoms with Crippen LogP contribution in [0.4, 0.5) is 0 Å². The van der Waals surface area contributed by atoms with Gasteiger partial charge in [-0.05, 0) is 0 Å². The van der Waals surface area contributed by atoms with E-state index in [1.165, 1.54) is 0 Å². The standard InChI is InChI=1S/C22H38N2O19S/c1-6(27)23-11-16(32)13(29)10(5-38-44(35,36)37)41-21(11)43-19-15(31)9(4-26)40-22(17(19)33)42-18-12(24-7(2)28)20(34)39-8(3-25)14(18)30/h8-22,25-26,29-34H,3-5H2,1-2H3,(H,23,27)(H,24,28)(H,35,36,37)/t8-,9-,10-,11-,12-,13-,14+,15+,16-,17-,18-,19+,20?,21+,22+/m1/s1. The van der Waals surface area contributed by atoms with Gasteiger partial charge in [0.25, 0.3) is 0 Å². The molecule has 3 saturated heterocycles. The lowest BCUT2D eigenvalue weighted by Crippen LogP contribution is -2.69. The summed E-state index contributed by atoms with van der Waals surface area (Å²) < 4.78 is 62.6. The summed E-state index contributed by atoms with van der Waals surface area (Å²) in [6.45, 7) is -0.644. The highest BCUT2D eigenvalue weighted by molar-refractivity contribution is 7.80. The number of aliphatic hydroxyl groups excluding tert-OH is 8. The van der Waals surface area contributed by atoms with E-state index in [9.17, 15) is 58.9 Å². The second kappa shape index (κ2) is 15.3. The number of rotatable bonds is 11. The molecule has 15 atom stereocenters.